The van der Waals surface area contributed by atoms with E-state index < -0.39 is 0 Å². The Hall–Kier alpha value is -0.530. The highest BCUT2D eigenvalue weighted by Crippen LogP contribution is 2.59. The molecule has 16 heavy (non-hydrogen) atoms. The van der Waals surface area contributed by atoms with Crippen LogP contribution < -0.4 is 0 Å². The molecule has 2 heteroatoms. The monoisotopic (exact) mass is 226 g/mol. The van der Waals surface area contributed by atoms with Crippen molar-refractivity contribution < 1.29 is 9.53 Å². The predicted molar refractivity (Wildman–Crippen MR) is 66.2 cm³/mol. The molecule has 1 saturated heterocycles. The van der Waals surface area contributed by atoms with E-state index in [1.165, 1.54) is 19.3 Å². The molecule has 3 rings (SSSR count). The normalized spacial score (nSPS) is 38.6. The van der Waals surface area contributed by atoms with Crippen LogP contribution in [-0.4, -0.2) is 12.6 Å². The van der Waals surface area contributed by atoms with Crippen molar-refractivity contribution in [2.24, 2.45) is 17.3 Å². The van der Waals surface area contributed by atoms with Crippen LogP contribution in [0.2, 0.25) is 0 Å². The highest BCUT2D eigenvalue weighted by Gasteiger charge is 2.58. The van der Waals surface area contributed by atoms with Crippen molar-refractivity contribution in [2.75, 3.05) is 6.61 Å². The van der Waals surface area contributed by atoms with Crippen LogP contribution in [0.3, 0.4) is 0 Å². The summed E-state index contributed by atoms with van der Waals surface area (Å²) in [5, 5.41) is 0. The zero-order valence-electron chi connectivity index (χ0n) is 11.2. The Bertz CT molecular complexity index is 237. The van der Waals surface area contributed by atoms with Crippen LogP contribution in [0.5, 0.6) is 0 Å². The number of ether oxygens (including phenoxy) is 1. The summed E-state index contributed by atoms with van der Waals surface area (Å²) in [5.74, 6) is 1.65. The Balaban J connectivity index is 0.000000291. The third-order valence-corrected chi connectivity index (χ3v) is 4.16. The van der Waals surface area contributed by atoms with Gasteiger partial charge in [-0.15, -0.1) is 0 Å². The lowest BCUT2D eigenvalue weighted by molar-refractivity contribution is -0.148. The number of hydrogen-bond acceptors (Lipinski definition) is 2. The lowest BCUT2D eigenvalue weighted by Crippen LogP contribution is -2.32. The Kier molecular flexibility index (Phi) is 4.82. The van der Waals surface area contributed by atoms with Crippen molar-refractivity contribution in [3.05, 3.63) is 0 Å². The molecule has 3 aliphatic rings. The van der Waals surface area contributed by atoms with Crippen molar-refractivity contribution in [2.45, 2.75) is 59.8 Å². The topological polar surface area (TPSA) is 26.3 Å². The number of rotatable bonds is 0. The van der Waals surface area contributed by atoms with Crippen LogP contribution in [-0.2, 0) is 9.53 Å². The van der Waals surface area contributed by atoms with Crippen molar-refractivity contribution >= 4 is 5.97 Å². The molecule has 0 N–H and O–H groups in total. The van der Waals surface area contributed by atoms with Gasteiger partial charge in [0.1, 0.15) is 0 Å². The Morgan fingerprint density at radius 1 is 1.19 bits per heavy atom. The van der Waals surface area contributed by atoms with Crippen LogP contribution in [0.15, 0.2) is 0 Å². The van der Waals surface area contributed by atoms with Gasteiger partial charge in [0.25, 0.3) is 0 Å². The number of fused-ring (bicyclic) bond motifs is 3. The Labute approximate surface area is 99.8 Å². The Morgan fingerprint density at radius 3 is 2.25 bits per heavy atom. The standard InChI is InChI=1S/C10H14O2.2C2H6/c11-9-10(3-4-12-9)6-7-1-2-8(10)5-7;2*1-2/h7-8H,1-6H2;2*1-2H3. The molecule has 2 saturated carbocycles. The predicted octanol–water partition coefficient (Wildman–Crippen LogP) is 3.79. The van der Waals surface area contributed by atoms with Gasteiger partial charge in [-0.1, -0.05) is 34.1 Å². The van der Waals surface area contributed by atoms with E-state index in [1.807, 2.05) is 27.7 Å². The lowest BCUT2D eigenvalue weighted by atomic mass is 9.72. The van der Waals surface area contributed by atoms with E-state index >= 15 is 0 Å². The van der Waals surface area contributed by atoms with E-state index in [9.17, 15) is 4.79 Å². The van der Waals surface area contributed by atoms with Crippen LogP contribution in [0.1, 0.15) is 59.8 Å². The van der Waals surface area contributed by atoms with E-state index in [1.54, 1.807) is 0 Å². The largest absolute Gasteiger partial charge is 0.465 e. The minimum atomic E-state index is 0.00289. The van der Waals surface area contributed by atoms with Gasteiger partial charge in [-0.05, 0) is 37.5 Å². The summed E-state index contributed by atoms with van der Waals surface area (Å²) < 4.78 is 5.10. The van der Waals surface area contributed by atoms with E-state index in [0.29, 0.717) is 12.5 Å². The van der Waals surface area contributed by atoms with Gasteiger partial charge in [-0.3, -0.25) is 4.79 Å². The molecule has 1 heterocycles. The van der Waals surface area contributed by atoms with E-state index in [-0.39, 0.29) is 11.4 Å². The smallest absolute Gasteiger partial charge is 0.312 e. The van der Waals surface area contributed by atoms with E-state index in [0.717, 1.165) is 18.8 Å². The molecule has 0 aromatic heterocycles. The molecule has 3 atom stereocenters. The van der Waals surface area contributed by atoms with Gasteiger partial charge >= 0.3 is 5.97 Å². The minimum Gasteiger partial charge on any atom is -0.465 e. The molecule has 2 bridgehead atoms. The van der Waals surface area contributed by atoms with Crippen molar-refractivity contribution in [3.8, 4) is 0 Å². The molecule has 94 valence electrons. The Morgan fingerprint density at radius 2 is 1.88 bits per heavy atom. The molecule has 3 unspecified atom stereocenters. The van der Waals surface area contributed by atoms with Gasteiger partial charge in [0.15, 0.2) is 0 Å². The maximum Gasteiger partial charge on any atom is 0.312 e. The summed E-state index contributed by atoms with van der Waals surface area (Å²) in [6.45, 7) is 8.68. The second-order valence-electron chi connectivity index (χ2n) is 4.62. The average molecular weight is 226 g/mol. The number of carbonyl (C=O) groups excluding carboxylic acids is 1. The first-order valence-electron chi connectivity index (χ1n) is 6.98. The first-order valence-corrected chi connectivity index (χ1v) is 6.98. The molecule has 2 aliphatic carbocycles. The minimum absolute atomic E-state index is 0.00289. The van der Waals surface area contributed by atoms with Gasteiger partial charge in [-0.25, -0.2) is 0 Å². The number of carbonyl (C=O) groups is 1. The average Bonchev–Trinajstić information content (AvgIpc) is 3.03. The third kappa shape index (κ3) is 1.99. The lowest BCUT2D eigenvalue weighted by Gasteiger charge is -2.28. The van der Waals surface area contributed by atoms with Crippen LogP contribution in [0, 0.1) is 17.3 Å². The van der Waals surface area contributed by atoms with Gasteiger partial charge in [0, 0.05) is 0 Å². The number of esters is 1. The van der Waals surface area contributed by atoms with Crippen molar-refractivity contribution in [3.63, 3.8) is 0 Å². The van der Waals surface area contributed by atoms with Gasteiger partial charge in [0.05, 0.1) is 12.0 Å². The first-order chi connectivity index (χ1) is 7.81. The van der Waals surface area contributed by atoms with E-state index in [4.69, 9.17) is 4.74 Å². The fraction of sp³-hybridized carbons (Fsp3) is 0.929. The SMILES string of the molecule is CC.CC.O=C1OCCC12CC1CCC2C1. The third-order valence-electron chi connectivity index (χ3n) is 4.16. The molecule has 0 aromatic carbocycles. The molecule has 1 aliphatic heterocycles. The zero-order chi connectivity index (χ0) is 12.2. The quantitative estimate of drug-likeness (QED) is 0.587. The molecule has 0 amide bonds. The molecular formula is C14H26O2. The molecule has 2 nitrogen and oxygen atoms in total. The summed E-state index contributed by atoms with van der Waals surface area (Å²) in [4.78, 5) is 11.6. The van der Waals surface area contributed by atoms with Gasteiger partial charge in [0.2, 0.25) is 0 Å². The first kappa shape index (κ1) is 13.5. The van der Waals surface area contributed by atoms with Crippen molar-refractivity contribution in [1.82, 2.24) is 0 Å². The second-order valence-corrected chi connectivity index (χ2v) is 4.62. The maximum absolute atomic E-state index is 11.6. The highest BCUT2D eigenvalue weighted by atomic mass is 16.5. The van der Waals surface area contributed by atoms with Crippen LogP contribution in [0.25, 0.3) is 0 Å². The fourth-order valence-corrected chi connectivity index (χ4v) is 3.57. The summed E-state index contributed by atoms with van der Waals surface area (Å²) in [6.07, 6.45) is 6.08. The summed E-state index contributed by atoms with van der Waals surface area (Å²) in [7, 11) is 0. The zero-order valence-corrected chi connectivity index (χ0v) is 11.2. The summed E-state index contributed by atoms with van der Waals surface area (Å²) >= 11 is 0. The van der Waals surface area contributed by atoms with E-state index in [2.05, 4.69) is 0 Å². The van der Waals surface area contributed by atoms with Crippen LogP contribution >= 0.6 is 0 Å². The van der Waals surface area contributed by atoms with Crippen LogP contribution in [0.4, 0.5) is 0 Å². The summed E-state index contributed by atoms with van der Waals surface area (Å²) in [6, 6.07) is 0. The number of cyclic esters (lactones) is 1. The molecule has 0 radical (unpaired) electrons. The molecule has 3 fully saturated rings. The fourth-order valence-electron chi connectivity index (χ4n) is 3.57. The summed E-state index contributed by atoms with van der Waals surface area (Å²) in [5.41, 5.74) is 0.00289. The number of hydrogen-bond donors (Lipinski definition) is 0. The second kappa shape index (κ2) is 5.70. The highest BCUT2D eigenvalue weighted by molar-refractivity contribution is 5.79. The van der Waals surface area contributed by atoms with Gasteiger partial charge < -0.3 is 4.74 Å². The maximum atomic E-state index is 11.6. The molecule has 0 aromatic rings. The van der Waals surface area contributed by atoms with Gasteiger partial charge in [-0.2, -0.15) is 0 Å². The molecule has 1 spiro atoms. The van der Waals surface area contributed by atoms with Crippen molar-refractivity contribution in [1.29, 1.82) is 0 Å². The molecular weight excluding hydrogens is 200 g/mol.